The zero-order valence-electron chi connectivity index (χ0n) is 22.4. The van der Waals surface area contributed by atoms with E-state index in [1.54, 1.807) is 18.3 Å². The second-order valence-corrected chi connectivity index (χ2v) is 10.6. The van der Waals surface area contributed by atoms with Gasteiger partial charge in [0.05, 0.1) is 0 Å². The van der Waals surface area contributed by atoms with E-state index in [1.807, 2.05) is 30.5 Å². The normalized spacial score (nSPS) is 17.2. The summed E-state index contributed by atoms with van der Waals surface area (Å²) in [6.07, 6.45) is 9.09. The minimum atomic E-state index is 0.101. The Bertz CT molecular complexity index is 1230. The van der Waals surface area contributed by atoms with Gasteiger partial charge in [0.25, 0.3) is 0 Å². The van der Waals surface area contributed by atoms with Crippen LogP contribution in [0.1, 0.15) is 54.7 Å². The monoisotopic (exact) mass is 522 g/mol. The third-order valence-corrected chi connectivity index (χ3v) is 7.92. The van der Waals surface area contributed by atoms with Gasteiger partial charge in [0, 0.05) is 43.9 Å². The van der Waals surface area contributed by atoms with Crippen molar-refractivity contribution in [1.82, 2.24) is 14.9 Å². The number of hydrogen-bond acceptors (Lipinski definition) is 4. The van der Waals surface area contributed by atoms with E-state index in [2.05, 4.69) is 68.7 Å². The molecule has 1 fully saturated rings. The third-order valence-electron chi connectivity index (χ3n) is 7.92. The minimum absolute atomic E-state index is 0.101. The first-order valence-electron chi connectivity index (χ1n) is 14.1. The first kappa shape index (κ1) is 26.5. The highest BCUT2D eigenvalue weighted by Crippen LogP contribution is 2.30. The molecule has 0 saturated heterocycles. The fourth-order valence-corrected chi connectivity index (χ4v) is 5.66. The molecule has 0 bridgehead atoms. The summed E-state index contributed by atoms with van der Waals surface area (Å²) in [6.45, 7) is 1.29. The summed E-state index contributed by atoms with van der Waals surface area (Å²) in [7, 11) is 0. The molecule has 3 N–H and O–H groups in total. The van der Waals surface area contributed by atoms with Crippen LogP contribution in [0.15, 0.2) is 97.3 Å². The van der Waals surface area contributed by atoms with E-state index >= 15 is 0 Å². The van der Waals surface area contributed by atoms with Crippen molar-refractivity contribution in [2.24, 2.45) is 5.92 Å². The molecule has 1 heterocycles. The molecule has 1 saturated carbocycles. The summed E-state index contributed by atoms with van der Waals surface area (Å²) in [5.74, 6) is 1.81. The number of aromatic amines is 1. The summed E-state index contributed by atoms with van der Waals surface area (Å²) in [4.78, 5) is 23.4. The molecule has 1 amide bonds. The number of phenolic OH excluding ortho intramolecular Hbond substituents is 1. The van der Waals surface area contributed by atoms with Crippen molar-refractivity contribution in [3.63, 3.8) is 0 Å². The Morgan fingerprint density at radius 3 is 2.15 bits per heavy atom. The Hall–Kier alpha value is -4.06. The number of carbonyl (C=O) groups is 1. The van der Waals surface area contributed by atoms with Crippen LogP contribution in [0.25, 0.3) is 0 Å². The van der Waals surface area contributed by atoms with Crippen LogP contribution < -0.4 is 5.32 Å². The van der Waals surface area contributed by atoms with Gasteiger partial charge in [0.15, 0.2) is 5.95 Å². The van der Waals surface area contributed by atoms with Crippen molar-refractivity contribution in [2.75, 3.05) is 18.4 Å². The van der Waals surface area contributed by atoms with Crippen molar-refractivity contribution in [3.05, 3.63) is 114 Å². The van der Waals surface area contributed by atoms with Gasteiger partial charge in [0.1, 0.15) is 5.75 Å². The topological polar surface area (TPSA) is 81.2 Å². The molecule has 4 aromatic rings. The molecule has 39 heavy (non-hydrogen) atoms. The number of hydrogen-bond donors (Lipinski definition) is 3. The fourth-order valence-electron chi connectivity index (χ4n) is 5.66. The van der Waals surface area contributed by atoms with Gasteiger partial charge in [0.2, 0.25) is 5.91 Å². The lowest BCUT2D eigenvalue weighted by Crippen LogP contribution is -2.38. The number of imidazole rings is 1. The largest absolute Gasteiger partial charge is 0.508 e. The number of carbonyl (C=O) groups excluding carboxylic acids is 1. The number of nitrogens with zero attached hydrogens (tertiary/aromatic N) is 2. The Labute approximate surface area is 231 Å². The average molecular weight is 523 g/mol. The Kier molecular flexibility index (Phi) is 8.94. The highest BCUT2D eigenvalue weighted by Gasteiger charge is 2.27. The van der Waals surface area contributed by atoms with E-state index < -0.39 is 0 Å². The van der Waals surface area contributed by atoms with Gasteiger partial charge >= 0.3 is 0 Å². The quantitative estimate of drug-likeness (QED) is 0.214. The number of anilines is 1. The molecule has 6 nitrogen and oxygen atoms in total. The predicted octanol–water partition coefficient (Wildman–Crippen LogP) is 6.38. The third kappa shape index (κ3) is 7.50. The van der Waals surface area contributed by atoms with Crippen molar-refractivity contribution < 1.29 is 9.90 Å². The highest BCUT2D eigenvalue weighted by molar-refractivity contribution is 5.76. The van der Waals surface area contributed by atoms with Crippen molar-refractivity contribution in [2.45, 2.75) is 50.5 Å². The molecule has 202 valence electrons. The Balaban J connectivity index is 1.28. The predicted molar refractivity (Wildman–Crippen MR) is 156 cm³/mol. The Morgan fingerprint density at radius 1 is 0.923 bits per heavy atom. The summed E-state index contributed by atoms with van der Waals surface area (Å²) in [5, 5.41) is 13.2. The number of rotatable bonds is 11. The molecule has 1 aromatic heterocycles. The van der Waals surface area contributed by atoms with E-state index in [1.165, 1.54) is 11.1 Å². The van der Waals surface area contributed by atoms with Crippen LogP contribution in [0.4, 0.5) is 5.95 Å². The number of amides is 1. The lowest BCUT2D eigenvalue weighted by atomic mass is 9.83. The molecular weight excluding hydrogens is 484 g/mol. The van der Waals surface area contributed by atoms with E-state index in [0.29, 0.717) is 31.5 Å². The molecule has 6 heteroatoms. The van der Waals surface area contributed by atoms with Gasteiger partial charge in [-0.25, -0.2) is 4.98 Å². The van der Waals surface area contributed by atoms with Gasteiger partial charge in [-0.3, -0.25) is 4.79 Å². The van der Waals surface area contributed by atoms with Gasteiger partial charge in [-0.05, 0) is 66.8 Å². The second kappa shape index (κ2) is 13.1. The van der Waals surface area contributed by atoms with E-state index in [-0.39, 0.29) is 17.6 Å². The lowest BCUT2D eigenvalue weighted by Gasteiger charge is -2.32. The van der Waals surface area contributed by atoms with Crippen LogP contribution in [0.3, 0.4) is 0 Å². The molecule has 1 aliphatic carbocycles. The summed E-state index contributed by atoms with van der Waals surface area (Å²) in [5.41, 5.74) is 3.55. The standard InChI is InChI=1S/C33H38N4O2/c38-30-17-13-25(14-18-30)19-22-37(24-31(27-7-3-1-4-8-27)28-9-5-2-6-10-28)32(39)23-26-11-15-29(16-12-26)36-33-34-20-21-35-33/h1-10,13-14,17-18,20-21,26,29,31,38H,11-12,15-16,19,22-24H2,(H2,34,35,36). The number of benzene rings is 3. The summed E-state index contributed by atoms with van der Waals surface area (Å²) in [6, 6.07) is 28.7. The SMILES string of the molecule is O=C(CC1CCC(Nc2ncc[nH]2)CC1)N(CCc1ccc(O)cc1)CC(c1ccccc1)c1ccccc1. The van der Waals surface area contributed by atoms with Crippen LogP contribution in [0.2, 0.25) is 0 Å². The molecule has 0 atom stereocenters. The van der Waals surface area contributed by atoms with Crippen molar-refractivity contribution in [1.29, 1.82) is 0 Å². The molecule has 0 unspecified atom stereocenters. The van der Waals surface area contributed by atoms with E-state index in [4.69, 9.17) is 0 Å². The summed E-state index contributed by atoms with van der Waals surface area (Å²) < 4.78 is 0. The maximum absolute atomic E-state index is 13.9. The number of nitrogens with one attached hydrogen (secondary N) is 2. The average Bonchev–Trinajstić information content (AvgIpc) is 3.49. The van der Waals surface area contributed by atoms with Crippen molar-refractivity contribution in [3.8, 4) is 5.75 Å². The molecule has 0 spiro atoms. The first-order valence-corrected chi connectivity index (χ1v) is 14.1. The van der Waals surface area contributed by atoms with Crippen LogP contribution in [0, 0.1) is 5.92 Å². The van der Waals surface area contributed by atoms with Crippen LogP contribution >= 0.6 is 0 Å². The first-order chi connectivity index (χ1) is 19.1. The number of aromatic hydroxyl groups is 1. The van der Waals surface area contributed by atoms with Crippen LogP contribution in [-0.4, -0.2) is 45.0 Å². The maximum atomic E-state index is 13.9. The van der Waals surface area contributed by atoms with Crippen molar-refractivity contribution >= 4 is 11.9 Å². The second-order valence-electron chi connectivity index (χ2n) is 10.6. The molecule has 3 aromatic carbocycles. The molecule has 5 rings (SSSR count). The highest BCUT2D eigenvalue weighted by atomic mass is 16.3. The number of aromatic nitrogens is 2. The maximum Gasteiger partial charge on any atom is 0.222 e. The molecular formula is C33H38N4O2. The van der Waals surface area contributed by atoms with E-state index in [9.17, 15) is 9.90 Å². The number of H-pyrrole nitrogens is 1. The van der Waals surface area contributed by atoms with Gasteiger partial charge < -0.3 is 20.3 Å². The fraction of sp³-hybridized carbons (Fsp3) is 0.333. The van der Waals surface area contributed by atoms with Crippen LogP contribution in [0.5, 0.6) is 5.75 Å². The smallest absolute Gasteiger partial charge is 0.222 e. The molecule has 1 aliphatic rings. The zero-order valence-corrected chi connectivity index (χ0v) is 22.4. The zero-order chi connectivity index (χ0) is 26.9. The van der Waals surface area contributed by atoms with Gasteiger partial charge in [-0.15, -0.1) is 0 Å². The van der Waals surface area contributed by atoms with Crippen LogP contribution in [-0.2, 0) is 11.2 Å². The Morgan fingerprint density at radius 2 is 1.56 bits per heavy atom. The number of phenols is 1. The molecule has 0 aliphatic heterocycles. The summed E-state index contributed by atoms with van der Waals surface area (Å²) >= 11 is 0. The lowest BCUT2D eigenvalue weighted by molar-refractivity contribution is -0.132. The van der Waals surface area contributed by atoms with Gasteiger partial charge in [-0.2, -0.15) is 0 Å². The minimum Gasteiger partial charge on any atom is -0.508 e. The van der Waals surface area contributed by atoms with E-state index in [0.717, 1.165) is 43.6 Å². The molecule has 0 radical (unpaired) electrons. The van der Waals surface area contributed by atoms with Gasteiger partial charge in [-0.1, -0.05) is 72.8 Å².